The normalized spacial score (nSPS) is 11.1. The number of nitrogens with zero attached hydrogens (tertiary/aromatic N) is 2. The van der Waals surface area contributed by atoms with Crippen molar-refractivity contribution in [2.45, 2.75) is 13.5 Å². The number of phenolic OH excluding ortho intramolecular Hbond substituents is 1. The molecule has 0 aliphatic heterocycles. The minimum atomic E-state index is -0.473. The Balaban J connectivity index is 1.49. The van der Waals surface area contributed by atoms with Crippen LogP contribution in [0.15, 0.2) is 77.9 Å². The topological polar surface area (TPSA) is 85.1 Å². The molecule has 1 heterocycles. The zero-order chi connectivity index (χ0) is 23.2. The third-order valence-corrected chi connectivity index (χ3v) is 5.43. The minimum Gasteiger partial charge on any atom is -0.507 e. The fourth-order valence-corrected chi connectivity index (χ4v) is 3.72. The van der Waals surface area contributed by atoms with Crippen molar-refractivity contribution in [2.24, 2.45) is 5.10 Å². The van der Waals surface area contributed by atoms with Gasteiger partial charge >= 0.3 is 0 Å². The fraction of sp³-hybridized carbons (Fsp3) is 0.154. The second-order valence-electron chi connectivity index (χ2n) is 7.41. The largest absolute Gasteiger partial charge is 0.507 e. The second-order valence-corrected chi connectivity index (χ2v) is 7.41. The lowest BCUT2D eigenvalue weighted by Gasteiger charge is -2.11. The van der Waals surface area contributed by atoms with Crippen LogP contribution in [0.4, 0.5) is 0 Å². The third-order valence-electron chi connectivity index (χ3n) is 5.43. The van der Waals surface area contributed by atoms with Crippen LogP contribution in [0.2, 0.25) is 0 Å². The number of para-hydroxylation sites is 2. The Kier molecular flexibility index (Phi) is 6.59. The Labute approximate surface area is 191 Å². The number of methoxy groups -OCH3 is 1. The number of ether oxygens (including phenoxy) is 2. The number of phenols is 1. The summed E-state index contributed by atoms with van der Waals surface area (Å²) in [7, 11) is 1.63. The second kappa shape index (κ2) is 9.91. The number of carbonyl (C=O) groups is 1. The van der Waals surface area contributed by atoms with Gasteiger partial charge in [-0.25, -0.2) is 5.43 Å². The highest BCUT2D eigenvalue weighted by molar-refractivity contribution is 6.02. The van der Waals surface area contributed by atoms with E-state index in [0.717, 1.165) is 33.7 Å². The standard InChI is InChI=1S/C26H25N3O4/c1-18-23(17-27-28-26(31)22-8-4-6-10-25(22)30)21-7-3-5-9-24(21)29(18)15-16-33-20-13-11-19(32-2)12-14-20/h3-14,17,30H,15-16H2,1-2H3,(H,28,31)/b27-17+. The molecule has 7 heteroatoms. The number of hydrogen-bond acceptors (Lipinski definition) is 5. The molecule has 4 aromatic rings. The van der Waals surface area contributed by atoms with E-state index in [9.17, 15) is 9.90 Å². The molecule has 0 saturated carbocycles. The first kappa shape index (κ1) is 22.0. The van der Waals surface area contributed by atoms with Gasteiger partial charge in [-0.1, -0.05) is 30.3 Å². The summed E-state index contributed by atoms with van der Waals surface area (Å²) < 4.78 is 13.3. The molecule has 0 fully saturated rings. The zero-order valence-corrected chi connectivity index (χ0v) is 18.5. The summed E-state index contributed by atoms with van der Waals surface area (Å²) in [5, 5.41) is 15.0. The monoisotopic (exact) mass is 443 g/mol. The molecule has 0 aliphatic rings. The van der Waals surface area contributed by atoms with Crippen LogP contribution in [-0.2, 0) is 6.54 Å². The molecule has 0 atom stereocenters. The van der Waals surface area contributed by atoms with E-state index in [1.54, 1.807) is 31.5 Å². The molecule has 168 valence electrons. The maximum Gasteiger partial charge on any atom is 0.275 e. The van der Waals surface area contributed by atoms with Gasteiger partial charge in [-0.05, 0) is 49.4 Å². The summed E-state index contributed by atoms with van der Waals surface area (Å²) in [5.41, 5.74) is 5.64. The first-order chi connectivity index (χ1) is 16.1. The van der Waals surface area contributed by atoms with E-state index in [1.807, 2.05) is 55.5 Å². The Morgan fingerprint density at radius 1 is 1.03 bits per heavy atom. The molecule has 1 aromatic heterocycles. The van der Waals surface area contributed by atoms with Gasteiger partial charge in [-0.2, -0.15) is 5.10 Å². The molecular weight excluding hydrogens is 418 g/mol. The number of aromatic hydroxyl groups is 1. The number of aromatic nitrogens is 1. The van der Waals surface area contributed by atoms with Crippen molar-refractivity contribution in [3.8, 4) is 17.2 Å². The molecule has 0 saturated heterocycles. The lowest BCUT2D eigenvalue weighted by Crippen LogP contribution is -2.17. The van der Waals surface area contributed by atoms with Crippen molar-refractivity contribution in [3.05, 3.63) is 89.6 Å². The van der Waals surface area contributed by atoms with Crippen molar-refractivity contribution >= 4 is 23.0 Å². The summed E-state index contributed by atoms with van der Waals surface area (Å²) in [6.45, 7) is 3.16. The number of hydrogen-bond donors (Lipinski definition) is 2. The van der Waals surface area contributed by atoms with Crippen LogP contribution < -0.4 is 14.9 Å². The fourth-order valence-electron chi connectivity index (χ4n) is 3.72. The summed E-state index contributed by atoms with van der Waals surface area (Å²) >= 11 is 0. The van der Waals surface area contributed by atoms with Crippen LogP contribution in [0, 0.1) is 6.92 Å². The minimum absolute atomic E-state index is 0.0881. The number of rotatable bonds is 8. The van der Waals surface area contributed by atoms with E-state index < -0.39 is 5.91 Å². The molecule has 33 heavy (non-hydrogen) atoms. The summed E-state index contributed by atoms with van der Waals surface area (Å²) in [4.78, 5) is 12.3. The van der Waals surface area contributed by atoms with Gasteiger partial charge in [0.05, 0.1) is 25.4 Å². The highest BCUT2D eigenvalue weighted by atomic mass is 16.5. The number of fused-ring (bicyclic) bond motifs is 1. The van der Waals surface area contributed by atoms with Crippen LogP contribution in [0.1, 0.15) is 21.6 Å². The average molecular weight is 444 g/mol. The van der Waals surface area contributed by atoms with Crippen LogP contribution in [0.5, 0.6) is 17.2 Å². The van der Waals surface area contributed by atoms with Crippen molar-refractivity contribution in [2.75, 3.05) is 13.7 Å². The predicted octanol–water partition coefficient (Wildman–Crippen LogP) is 4.51. The molecule has 3 aromatic carbocycles. The first-order valence-electron chi connectivity index (χ1n) is 10.5. The van der Waals surface area contributed by atoms with E-state index in [4.69, 9.17) is 9.47 Å². The van der Waals surface area contributed by atoms with Crippen LogP contribution in [0.3, 0.4) is 0 Å². The van der Waals surface area contributed by atoms with Crippen molar-refractivity contribution in [1.82, 2.24) is 9.99 Å². The van der Waals surface area contributed by atoms with E-state index in [-0.39, 0.29) is 11.3 Å². The van der Waals surface area contributed by atoms with E-state index in [0.29, 0.717) is 13.2 Å². The zero-order valence-electron chi connectivity index (χ0n) is 18.5. The van der Waals surface area contributed by atoms with Gasteiger partial charge in [0, 0.05) is 22.2 Å². The van der Waals surface area contributed by atoms with Crippen molar-refractivity contribution in [1.29, 1.82) is 0 Å². The van der Waals surface area contributed by atoms with E-state index >= 15 is 0 Å². The number of hydrazone groups is 1. The Morgan fingerprint density at radius 2 is 1.73 bits per heavy atom. The lowest BCUT2D eigenvalue weighted by atomic mass is 10.1. The van der Waals surface area contributed by atoms with Crippen LogP contribution >= 0.6 is 0 Å². The van der Waals surface area contributed by atoms with E-state index in [1.165, 1.54) is 6.07 Å². The van der Waals surface area contributed by atoms with Gasteiger partial charge in [0.1, 0.15) is 23.9 Å². The molecule has 0 spiro atoms. The predicted molar refractivity (Wildman–Crippen MR) is 128 cm³/mol. The third kappa shape index (κ3) is 4.82. The number of amides is 1. The Bertz CT molecular complexity index is 1290. The van der Waals surface area contributed by atoms with Gasteiger partial charge < -0.3 is 19.1 Å². The maximum absolute atomic E-state index is 12.3. The SMILES string of the molecule is COc1ccc(OCCn2c(C)c(/C=N/NC(=O)c3ccccc3O)c3ccccc32)cc1. The van der Waals surface area contributed by atoms with Crippen molar-refractivity contribution in [3.63, 3.8) is 0 Å². The highest BCUT2D eigenvalue weighted by Gasteiger charge is 2.13. The Morgan fingerprint density at radius 3 is 2.48 bits per heavy atom. The molecule has 0 unspecified atom stereocenters. The summed E-state index contributed by atoms with van der Waals surface area (Å²) in [6.07, 6.45) is 1.64. The number of carbonyl (C=O) groups excluding carboxylic acids is 1. The smallest absolute Gasteiger partial charge is 0.275 e. The first-order valence-corrected chi connectivity index (χ1v) is 10.5. The van der Waals surface area contributed by atoms with E-state index in [2.05, 4.69) is 15.1 Å². The molecule has 0 bridgehead atoms. The van der Waals surface area contributed by atoms with Gasteiger partial charge in [0.2, 0.25) is 0 Å². The van der Waals surface area contributed by atoms with Crippen LogP contribution in [0.25, 0.3) is 10.9 Å². The molecular formula is C26H25N3O4. The maximum atomic E-state index is 12.3. The van der Waals surface area contributed by atoms with Gasteiger partial charge in [0.15, 0.2) is 0 Å². The van der Waals surface area contributed by atoms with Gasteiger partial charge in [-0.3, -0.25) is 4.79 Å². The average Bonchev–Trinajstić information content (AvgIpc) is 3.11. The molecule has 2 N–H and O–H groups in total. The molecule has 0 aliphatic carbocycles. The number of nitrogens with one attached hydrogen (secondary N) is 1. The quantitative estimate of drug-likeness (QED) is 0.310. The summed E-state index contributed by atoms with van der Waals surface area (Å²) in [5.74, 6) is 1.00. The molecule has 0 radical (unpaired) electrons. The van der Waals surface area contributed by atoms with Crippen molar-refractivity contribution < 1.29 is 19.4 Å². The molecule has 1 amide bonds. The van der Waals surface area contributed by atoms with Gasteiger partial charge in [0.25, 0.3) is 5.91 Å². The van der Waals surface area contributed by atoms with Gasteiger partial charge in [-0.15, -0.1) is 0 Å². The number of benzene rings is 3. The lowest BCUT2D eigenvalue weighted by molar-refractivity contribution is 0.0952. The molecule has 7 nitrogen and oxygen atoms in total. The van der Waals surface area contributed by atoms with Crippen LogP contribution in [-0.4, -0.2) is 35.5 Å². The summed E-state index contributed by atoms with van der Waals surface area (Å²) in [6, 6.07) is 21.9. The Hall–Kier alpha value is -4.26. The molecule has 4 rings (SSSR count). The highest BCUT2D eigenvalue weighted by Crippen LogP contribution is 2.25.